The number of ether oxygens (including phenoxy) is 1. The number of nitrogens with two attached hydrogens (primary N) is 1. The standard InChI is InChI=1S/C7H8N2O3/c1-12-5-2-6(10)9-3-4(5)7(8)11/h2-3H,1H3,(H2,8,11)(H,9,10). The van der Waals surface area contributed by atoms with Crippen LogP contribution in [-0.4, -0.2) is 18.0 Å². The van der Waals surface area contributed by atoms with E-state index in [4.69, 9.17) is 10.5 Å². The van der Waals surface area contributed by atoms with Gasteiger partial charge in [0, 0.05) is 12.3 Å². The minimum atomic E-state index is -0.636. The molecule has 0 unspecified atom stereocenters. The number of carbonyl (C=O) groups excluding carboxylic acids is 1. The van der Waals surface area contributed by atoms with Crippen molar-refractivity contribution in [2.45, 2.75) is 0 Å². The Balaban J connectivity index is 3.29. The second kappa shape index (κ2) is 3.08. The van der Waals surface area contributed by atoms with Gasteiger partial charge in [-0.3, -0.25) is 9.59 Å². The molecular formula is C7H8N2O3. The maximum absolute atomic E-state index is 10.7. The molecule has 5 heteroatoms. The number of methoxy groups -OCH3 is 1. The number of aromatic nitrogens is 1. The van der Waals surface area contributed by atoms with E-state index in [9.17, 15) is 9.59 Å². The van der Waals surface area contributed by atoms with Gasteiger partial charge in [0.1, 0.15) is 5.75 Å². The van der Waals surface area contributed by atoms with Crippen LogP contribution in [-0.2, 0) is 0 Å². The molecule has 0 aliphatic rings. The zero-order chi connectivity index (χ0) is 9.14. The summed E-state index contributed by atoms with van der Waals surface area (Å²) in [6.45, 7) is 0. The van der Waals surface area contributed by atoms with Gasteiger partial charge < -0.3 is 15.5 Å². The summed E-state index contributed by atoms with van der Waals surface area (Å²) in [5, 5.41) is 0. The fraction of sp³-hybridized carbons (Fsp3) is 0.143. The Morgan fingerprint density at radius 1 is 1.67 bits per heavy atom. The number of aromatic amines is 1. The van der Waals surface area contributed by atoms with Crippen molar-refractivity contribution in [1.82, 2.24) is 4.98 Å². The van der Waals surface area contributed by atoms with Crippen molar-refractivity contribution in [3.63, 3.8) is 0 Å². The first-order valence-electron chi connectivity index (χ1n) is 3.21. The summed E-state index contributed by atoms with van der Waals surface area (Å²) < 4.78 is 4.77. The number of carbonyl (C=O) groups is 1. The average Bonchev–Trinajstić information content (AvgIpc) is 2.03. The number of pyridine rings is 1. The van der Waals surface area contributed by atoms with Crippen LogP contribution >= 0.6 is 0 Å². The van der Waals surface area contributed by atoms with Crippen LogP contribution in [0.25, 0.3) is 0 Å². The number of hydrogen-bond acceptors (Lipinski definition) is 3. The van der Waals surface area contributed by atoms with Gasteiger partial charge in [-0.1, -0.05) is 0 Å². The van der Waals surface area contributed by atoms with Gasteiger partial charge in [0.25, 0.3) is 11.5 Å². The molecule has 0 aromatic carbocycles. The highest BCUT2D eigenvalue weighted by atomic mass is 16.5. The predicted octanol–water partition coefficient (Wildman–Crippen LogP) is -0.518. The maximum Gasteiger partial charge on any atom is 0.253 e. The van der Waals surface area contributed by atoms with Crippen molar-refractivity contribution in [3.8, 4) is 5.75 Å². The quantitative estimate of drug-likeness (QED) is 0.623. The van der Waals surface area contributed by atoms with Gasteiger partial charge in [-0.05, 0) is 0 Å². The summed E-state index contributed by atoms with van der Waals surface area (Å²) in [6.07, 6.45) is 1.23. The van der Waals surface area contributed by atoms with Crippen LogP contribution in [0.4, 0.5) is 0 Å². The molecule has 0 saturated heterocycles. The van der Waals surface area contributed by atoms with E-state index in [1.165, 1.54) is 19.4 Å². The molecule has 0 bridgehead atoms. The Bertz CT molecular complexity index is 356. The maximum atomic E-state index is 10.7. The molecule has 64 valence electrons. The van der Waals surface area contributed by atoms with E-state index in [0.717, 1.165) is 0 Å². The number of nitrogens with one attached hydrogen (secondary N) is 1. The lowest BCUT2D eigenvalue weighted by Gasteiger charge is -2.02. The topological polar surface area (TPSA) is 85.2 Å². The third-order valence-electron chi connectivity index (χ3n) is 1.37. The Morgan fingerprint density at radius 2 is 2.33 bits per heavy atom. The summed E-state index contributed by atoms with van der Waals surface area (Å²) >= 11 is 0. The largest absolute Gasteiger partial charge is 0.496 e. The molecule has 5 nitrogen and oxygen atoms in total. The van der Waals surface area contributed by atoms with E-state index in [0.29, 0.717) is 0 Å². The normalized spacial score (nSPS) is 9.42. The van der Waals surface area contributed by atoms with Crippen molar-refractivity contribution < 1.29 is 9.53 Å². The molecule has 1 heterocycles. The lowest BCUT2D eigenvalue weighted by molar-refractivity contribution is 0.0997. The first-order valence-corrected chi connectivity index (χ1v) is 3.21. The van der Waals surface area contributed by atoms with E-state index in [1.54, 1.807) is 0 Å². The van der Waals surface area contributed by atoms with Crippen LogP contribution in [0.5, 0.6) is 5.75 Å². The third-order valence-corrected chi connectivity index (χ3v) is 1.37. The Hall–Kier alpha value is -1.78. The molecule has 0 fully saturated rings. The van der Waals surface area contributed by atoms with Crippen LogP contribution in [0.15, 0.2) is 17.1 Å². The number of primary amides is 1. The summed E-state index contributed by atoms with van der Waals surface area (Å²) in [7, 11) is 1.36. The zero-order valence-corrected chi connectivity index (χ0v) is 6.46. The van der Waals surface area contributed by atoms with Crippen molar-refractivity contribution >= 4 is 5.91 Å². The Kier molecular flexibility index (Phi) is 2.14. The molecule has 0 radical (unpaired) electrons. The Morgan fingerprint density at radius 3 is 2.83 bits per heavy atom. The average molecular weight is 168 g/mol. The van der Waals surface area contributed by atoms with E-state index in [-0.39, 0.29) is 16.9 Å². The molecular weight excluding hydrogens is 160 g/mol. The minimum absolute atomic E-state index is 0.164. The second-order valence-corrected chi connectivity index (χ2v) is 2.14. The highest BCUT2D eigenvalue weighted by Crippen LogP contribution is 2.12. The smallest absolute Gasteiger partial charge is 0.253 e. The summed E-state index contributed by atoms with van der Waals surface area (Å²) in [6, 6.07) is 1.17. The SMILES string of the molecule is COc1cc(=O)[nH]cc1C(N)=O. The van der Waals surface area contributed by atoms with E-state index in [2.05, 4.69) is 4.98 Å². The van der Waals surface area contributed by atoms with E-state index < -0.39 is 5.91 Å². The van der Waals surface area contributed by atoms with Crippen LogP contribution in [0.2, 0.25) is 0 Å². The van der Waals surface area contributed by atoms with Gasteiger partial charge in [0.15, 0.2) is 0 Å². The van der Waals surface area contributed by atoms with Gasteiger partial charge in [0.2, 0.25) is 0 Å². The molecule has 12 heavy (non-hydrogen) atoms. The first kappa shape index (κ1) is 8.32. The summed E-state index contributed by atoms with van der Waals surface area (Å²) in [4.78, 5) is 23.8. The lowest BCUT2D eigenvalue weighted by atomic mass is 10.2. The first-order chi connectivity index (χ1) is 5.65. The summed E-state index contributed by atoms with van der Waals surface area (Å²) in [5.74, 6) is -0.450. The van der Waals surface area contributed by atoms with Crippen LogP contribution in [0, 0.1) is 0 Å². The number of hydrogen-bond donors (Lipinski definition) is 2. The highest BCUT2D eigenvalue weighted by Gasteiger charge is 2.08. The van der Waals surface area contributed by atoms with Gasteiger partial charge >= 0.3 is 0 Å². The fourth-order valence-electron chi connectivity index (χ4n) is 0.814. The van der Waals surface area contributed by atoms with Crippen molar-refractivity contribution in [1.29, 1.82) is 0 Å². The van der Waals surface area contributed by atoms with Crippen LogP contribution < -0.4 is 16.0 Å². The van der Waals surface area contributed by atoms with Gasteiger partial charge in [-0.2, -0.15) is 0 Å². The van der Waals surface area contributed by atoms with E-state index in [1.807, 2.05) is 0 Å². The van der Waals surface area contributed by atoms with Crippen LogP contribution in [0.3, 0.4) is 0 Å². The molecule has 3 N–H and O–H groups in total. The van der Waals surface area contributed by atoms with Crippen molar-refractivity contribution in [3.05, 3.63) is 28.2 Å². The fourth-order valence-corrected chi connectivity index (χ4v) is 0.814. The van der Waals surface area contributed by atoms with Crippen molar-refractivity contribution in [2.75, 3.05) is 7.11 Å². The molecule has 0 aliphatic heterocycles. The predicted molar refractivity (Wildman–Crippen MR) is 42.1 cm³/mol. The monoisotopic (exact) mass is 168 g/mol. The minimum Gasteiger partial charge on any atom is -0.496 e. The second-order valence-electron chi connectivity index (χ2n) is 2.14. The van der Waals surface area contributed by atoms with Crippen molar-refractivity contribution in [2.24, 2.45) is 5.73 Å². The molecule has 0 spiro atoms. The molecule has 0 atom stereocenters. The lowest BCUT2D eigenvalue weighted by Crippen LogP contribution is -2.16. The molecule has 1 aromatic heterocycles. The summed E-state index contributed by atoms with van der Waals surface area (Å²) in [5.41, 5.74) is 4.83. The molecule has 0 aliphatic carbocycles. The van der Waals surface area contributed by atoms with Crippen LogP contribution in [0.1, 0.15) is 10.4 Å². The van der Waals surface area contributed by atoms with Gasteiger partial charge in [-0.15, -0.1) is 0 Å². The molecule has 1 aromatic rings. The van der Waals surface area contributed by atoms with Gasteiger partial charge in [0.05, 0.1) is 12.7 Å². The Labute approximate surface area is 68.2 Å². The number of amides is 1. The highest BCUT2D eigenvalue weighted by molar-refractivity contribution is 5.95. The number of H-pyrrole nitrogens is 1. The third kappa shape index (κ3) is 1.45. The molecule has 1 rings (SSSR count). The molecule has 1 amide bonds. The van der Waals surface area contributed by atoms with E-state index >= 15 is 0 Å². The molecule has 0 saturated carbocycles. The number of rotatable bonds is 2. The zero-order valence-electron chi connectivity index (χ0n) is 6.46. The van der Waals surface area contributed by atoms with Gasteiger partial charge in [-0.25, -0.2) is 0 Å².